The molecule has 1 heterocycles. The van der Waals surface area contributed by atoms with Gasteiger partial charge >= 0.3 is 0 Å². The zero-order valence-corrected chi connectivity index (χ0v) is 6.59. The fourth-order valence-electron chi connectivity index (χ4n) is 0.942. The molecule has 0 saturated carbocycles. The molecule has 0 aromatic heterocycles. The van der Waals surface area contributed by atoms with Gasteiger partial charge in [0.2, 0.25) is 0 Å². The number of nitrogens with zero attached hydrogens (tertiary/aromatic N) is 1. The van der Waals surface area contributed by atoms with Gasteiger partial charge in [0.1, 0.15) is 0 Å². The average Bonchev–Trinajstić information content (AvgIpc) is 1.82. The summed E-state index contributed by atoms with van der Waals surface area (Å²) in [5.41, 5.74) is 0.512. The molecule has 0 aromatic carbocycles. The Morgan fingerprint density at radius 1 is 1.50 bits per heavy atom. The van der Waals surface area contributed by atoms with E-state index in [4.69, 9.17) is 0 Å². The van der Waals surface area contributed by atoms with Crippen LogP contribution in [0.3, 0.4) is 0 Å². The van der Waals surface area contributed by atoms with Crippen molar-refractivity contribution >= 4 is 10.7 Å². The molecule has 0 saturated heterocycles. The Morgan fingerprint density at radius 3 is 2.25 bits per heavy atom. The van der Waals surface area contributed by atoms with Gasteiger partial charge in [0.15, 0.2) is 0 Å². The third-order valence-corrected chi connectivity index (χ3v) is 3.08. The first-order valence-corrected chi connectivity index (χ1v) is 4.66. The van der Waals surface area contributed by atoms with Crippen LogP contribution >= 0.6 is 0 Å². The van der Waals surface area contributed by atoms with E-state index < -0.39 is 0 Å². The molecule has 0 aromatic rings. The first-order chi connectivity index (χ1) is 3.60. The SMILES string of the molecule is CS1=NCC(C)(C)C1. The highest BCUT2D eigenvalue weighted by atomic mass is 32.2. The van der Waals surface area contributed by atoms with Crippen molar-refractivity contribution in [1.82, 2.24) is 0 Å². The average molecular weight is 131 g/mol. The molecule has 0 aliphatic carbocycles. The summed E-state index contributed by atoms with van der Waals surface area (Å²) >= 11 is 0. The Bertz CT molecular complexity index is 126. The van der Waals surface area contributed by atoms with Crippen molar-refractivity contribution in [2.24, 2.45) is 9.78 Å². The van der Waals surface area contributed by atoms with Crippen LogP contribution in [0.15, 0.2) is 4.36 Å². The van der Waals surface area contributed by atoms with Crippen molar-refractivity contribution in [3.05, 3.63) is 0 Å². The lowest BCUT2D eigenvalue weighted by atomic mass is 9.97. The molecule has 0 spiro atoms. The maximum absolute atomic E-state index is 4.42. The molecule has 8 heavy (non-hydrogen) atoms. The standard InChI is InChI=1S/C6H13NS/c1-6(2)4-7-8(3)5-6/h4-5H2,1-3H3. The van der Waals surface area contributed by atoms with Gasteiger partial charge in [-0.2, -0.15) is 0 Å². The van der Waals surface area contributed by atoms with Gasteiger partial charge in [0.05, 0.1) is 6.54 Å². The van der Waals surface area contributed by atoms with Crippen LogP contribution in [0.25, 0.3) is 0 Å². The Kier molecular flexibility index (Phi) is 1.44. The zero-order chi connectivity index (χ0) is 6.20. The first-order valence-electron chi connectivity index (χ1n) is 2.90. The fraction of sp³-hybridized carbons (Fsp3) is 1.00. The third-order valence-electron chi connectivity index (χ3n) is 1.31. The summed E-state index contributed by atoms with van der Waals surface area (Å²) < 4.78 is 4.42. The fourth-order valence-corrected chi connectivity index (χ4v) is 2.83. The van der Waals surface area contributed by atoms with Crippen LogP contribution in [0.2, 0.25) is 0 Å². The molecule has 1 nitrogen and oxygen atoms in total. The molecule has 1 rings (SSSR count). The lowest BCUT2D eigenvalue weighted by molar-refractivity contribution is 0.455. The molecule has 0 bridgehead atoms. The van der Waals surface area contributed by atoms with Gasteiger partial charge in [-0.05, 0) is 11.7 Å². The third kappa shape index (κ3) is 1.31. The molecule has 1 unspecified atom stereocenters. The van der Waals surface area contributed by atoms with E-state index >= 15 is 0 Å². The van der Waals surface area contributed by atoms with Crippen LogP contribution in [0.1, 0.15) is 13.8 Å². The van der Waals surface area contributed by atoms with Crippen LogP contribution in [-0.4, -0.2) is 18.6 Å². The van der Waals surface area contributed by atoms with Crippen molar-refractivity contribution in [1.29, 1.82) is 0 Å². The maximum Gasteiger partial charge on any atom is 0.0517 e. The van der Waals surface area contributed by atoms with E-state index in [9.17, 15) is 0 Å². The van der Waals surface area contributed by atoms with Gasteiger partial charge in [-0.3, -0.25) is 4.36 Å². The Labute approximate surface area is 53.6 Å². The van der Waals surface area contributed by atoms with Gasteiger partial charge in [0.25, 0.3) is 0 Å². The monoisotopic (exact) mass is 131 g/mol. The molecule has 48 valence electrons. The highest BCUT2D eigenvalue weighted by Gasteiger charge is 2.22. The predicted octanol–water partition coefficient (Wildman–Crippen LogP) is 1.46. The summed E-state index contributed by atoms with van der Waals surface area (Å²) in [6, 6.07) is 0. The van der Waals surface area contributed by atoms with Crippen LogP contribution in [0, 0.1) is 5.41 Å². The highest BCUT2D eigenvalue weighted by molar-refractivity contribution is 7.86. The van der Waals surface area contributed by atoms with Gasteiger partial charge in [-0.15, -0.1) is 10.7 Å². The van der Waals surface area contributed by atoms with Crippen molar-refractivity contribution in [3.8, 4) is 0 Å². The molecular formula is C6H13NS. The van der Waals surface area contributed by atoms with Crippen LogP contribution in [0.4, 0.5) is 0 Å². The van der Waals surface area contributed by atoms with Gasteiger partial charge in [0, 0.05) is 5.75 Å². The molecule has 0 amide bonds. The van der Waals surface area contributed by atoms with E-state index in [1.54, 1.807) is 0 Å². The molecule has 1 atom stereocenters. The molecule has 1 aliphatic rings. The van der Waals surface area contributed by atoms with Gasteiger partial charge in [-0.25, -0.2) is 0 Å². The van der Waals surface area contributed by atoms with E-state index in [1.807, 2.05) is 0 Å². The highest BCUT2D eigenvalue weighted by Crippen LogP contribution is 2.22. The summed E-state index contributed by atoms with van der Waals surface area (Å²) in [4.78, 5) is 0. The van der Waals surface area contributed by atoms with Crippen LogP contribution in [-0.2, 0) is 10.7 Å². The van der Waals surface area contributed by atoms with E-state index in [2.05, 4.69) is 24.5 Å². The van der Waals surface area contributed by atoms with Crippen molar-refractivity contribution in [2.75, 3.05) is 18.6 Å². The molecule has 0 N–H and O–H groups in total. The summed E-state index contributed by atoms with van der Waals surface area (Å²) in [6.07, 6.45) is 2.22. The minimum atomic E-state index is 0.383. The topological polar surface area (TPSA) is 12.4 Å². The van der Waals surface area contributed by atoms with Crippen molar-refractivity contribution in [3.63, 3.8) is 0 Å². The van der Waals surface area contributed by atoms with E-state index in [0.29, 0.717) is 16.1 Å². The Balaban J connectivity index is 2.55. The van der Waals surface area contributed by atoms with E-state index in [-0.39, 0.29) is 0 Å². The zero-order valence-electron chi connectivity index (χ0n) is 5.77. The maximum atomic E-state index is 4.42. The Morgan fingerprint density at radius 2 is 2.12 bits per heavy atom. The van der Waals surface area contributed by atoms with E-state index in [0.717, 1.165) is 6.54 Å². The molecule has 0 radical (unpaired) electrons. The molecule has 0 fully saturated rings. The largest absolute Gasteiger partial charge is 0.264 e. The van der Waals surface area contributed by atoms with Crippen molar-refractivity contribution in [2.45, 2.75) is 13.8 Å². The number of hydrogen-bond donors (Lipinski definition) is 0. The Hall–Kier alpha value is 0.150. The minimum absolute atomic E-state index is 0.383. The summed E-state index contributed by atoms with van der Waals surface area (Å²) in [6.45, 7) is 5.65. The summed E-state index contributed by atoms with van der Waals surface area (Å²) in [7, 11) is 0.383. The smallest absolute Gasteiger partial charge is 0.0517 e. The molecular weight excluding hydrogens is 118 g/mol. The summed E-state index contributed by atoms with van der Waals surface area (Å²) in [5, 5.41) is 0. The predicted molar refractivity (Wildman–Crippen MR) is 39.2 cm³/mol. The van der Waals surface area contributed by atoms with Crippen molar-refractivity contribution < 1.29 is 0 Å². The normalized spacial score (nSPS) is 34.6. The van der Waals surface area contributed by atoms with Crippen LogP contribution < -0.4 is 0 Å². The summed E-state index contributed by atoms with van der Waals surface area (Å²) in [5.74, 6) is 1.30. The quantitative estimate of drug-likeness (QED) is 0.472. The van der Waals surface area contributed by atoms with E-state index in [1.165, 1.54) is 5.75 Å². The lowest BCUT2D eigenvalue weighted by Crippen LogP contribution is -2.15. The van der Waals surface area contributed by atoms with Crippen LogP contribution in [0.5, 0.6) is 0 Å². The molecule has 2 heteroatoms. The number of rotatable bonds is 0. The lowest BCUT2D eigenvalue weighted by Gasteiger charge is -2.12. The second kappa shape index (κ2) is 1.83. The number of hydrogen-bond acceptors (Lipinski definition) is 1. The second-order valence-corrected chi connectivity index (χ2v) is 4.94. The molecule has 1 aliphatic heterocycles. The first kappa shape index (κ1) is 6.27. The van der Waals surface area contributed by atoms with Gasteiger partial charge < -0.3 is 0 Å². The van der Waals surface area contributed by atoms with Gasteiger partial charge in [-0.1, -0.05) is 13.8 Å². The second-order valence-electron chi connectivity index (χ2n) is 3.20. The minimum Gasteiger partial charge on any atom is -0.264 e.